The Morgan fingerprint density at radius 1 is 1.29 bits per heavy atom. The molecule has 1 heterocycles. The summed E-state index contributed by atoms with van der Waals surface area (Å²) in [6.07, 6.45) is 3.10. The lowest BCUT2D eigenvalue weighted by molar-refractivity contribution is 0.0509. The van der Waals surface area contributed by atoms with Crippen LogP contribution >= 0.6 is 0 Å². The third-order valence-electron chi connectivity index (χ3n) is 4.22. The molecule has 1 aromatic carbocycles. The van der Waals surface area contributed by atoms with Crippen molar-refractivity contribution in [1.29, 1.82) is 0 Å². The van der Waals surface area contributed by atoms with Gasteiger partial charge in [0.2, 0.25) is 0 Å². The fraction of sp³-hybridized carbons (Fsp3) is 0.500. The average molecular weight is 333 g/mol. The molecule has 132 valence electrons. The van der Waals surface area contributed by atoms with Crippen LogP contribution in [0, 0.1) is 5.41 Å². The predicted octanol–water partition coefficient (Wildman–Crippen LogP) is 2.51. The first-order valence-electron chi connectivity index (χ1n) is 8.25. The van der Waals surface area contributed by atoms with Gasteiger partial charge in [-0.1, -0.05) is 19.9 Å². The van der Waals surface area contributed by atoms with Gasteiger partial charge in [-0.15, -0.1) is 0 Å². The van der Waals surface area contributed by atoms with Crippen molar-refractivity contribution in [3.8, 4) is 0 Å². The van der Waals surface area contributed by atoms with E-state index >= 15 is 0 Å². The number of nitrogens with zero attached hydrogens (tertiary/aromatic N) is 2. The van der Waals surface area contributed by atoms with Gasteiger partial charge < -0.3 is 25.0 Å². The standard InChI is InChI=1S/C18H27N3O3/c1-4-8-21-9-7-14-5-6-15(10-16(14)21)19-17(24)20(3)11-18(2,12-22)13-23/h5-7,9-10,22-23H,4,8,11-13H2,1-3H3,(H,19,24). The number of nitrogens with one attached hydrogen (secondary N) is 1. The molecule has 0 aliphatic heterocycles. The third-order valence-corrected chi connectivity index (χ3v) is 4.22. The molecule has 0 bridgehead atoms. The van der Waals surface area contributed by atoms with Gasteiger partial charge in [-0.2, -0.15) is 0 Å². The highest BCUT2D eigenvalue weighted by atomic mass is 16.3. The number of amides is 2. The first-order chi connectivity index (χ1) is 11.4. The Balaban J connectivity index is 2.10. The second kappa shape index (κ2) is 7.68. The average Bonchev–Trinajstić information content (AvgIpc) is 2.97. The van der Waals surface area contributed by atoms with E-state index in [-0.39, 0.29) is 25.8 Å². The van der Waals surface area contributed by atoms with E-state index in [4.69, 9.17) is 0 Å². The van der Waals surface area contributed by atoms with Crippen molar-refractivity contribution in [2.75, 3.05) is 32.1 Å². The monoisotopic (exact) mass is 333 g/mol. The van der Waals surface area contributed by atoms with Crippen LogP contribution in [0.4, 0.5) is 10.5 Å². The molecule has 0 radical (unpaired) electrons. The predicted molar refractivity (Wildman–Crippen MR) is 96.2 cm³/mol. The number of aliphatic hydroxyl groups excluding tert-OH is 2. The number of fused-ring (bicyclic) bond motifs is 1. The maximum atomic E-state index is 12.4. The summed E-state index contributed by atoms with van der Waals surface area (Å²) in [6.45, 7) is 4.70. The molecule has 2 aromatic rings. The van der Waals surface area contributed by atoms with E-state index in [1.807, 2.05) is 18.2 Å². The molecule has 0 fully saturated rings. The SMILES string of the molecule is CCCn1ccc2ccc(NC(=O)N(C)CC(C)(CO)CO)cc21. The van der Waals surface area contributed by atoms with E-state index < -0.39 is 5.41 Å². The zero-order valence-electron chi connectivity index (χ0n) is 14.6. The molecular weight excluding hydrogens is 306 g/mol. The lowest BCUT2D eigenvalue weighted by Crippen LogP contribution is -2.43. The molecule has 0 unspecified atom stereocenters. The topological polar surface area (TPSA) is 77.7 Å². The van der Waals surface area contributed by atoms with Gasteiger partial charge in [0.05, 0.1) is 18.7 Å². The lowest BCUT2D eigenvalue weighted by Gasteiger charge is -2.30. The maximum Gasteiger partial charge on any atom is 0.321 e. The normalized spacial score (nSPS) is 11.7. The number of aryl methyl sites for hydroxylation is 1. The molecular formula is C18H27N3O3. The van der Waals surface area contributed by atoms with Gasteiger partial charge in [0.1, 0.15) is 0 Å². The number of carbonyl (C=O) groups is 1. The number of hydrogen-bond acceptors (Lipinski definition) is 3. The van der Waals surface area contributed by atoms with Crippen LogP contribution in [0.25, 0.3) is 10.9 Å². The van der Waals surface area contributed by atoms with Gasteiger partial charge in [0, 0.05) is 37.4 Å². The first-order valence-corrected chi connectivity index (χ1v) is 8.25. The van der Waals surface area contributed by atoms with Crippen molar-refractivity contribution in [3.63, 3.8) is 0 Å². The Bertz CT molecular complexity index is 692. The lowest BCUT2D eigenvalue weighted by atomic mass is 9.92. The summed E-state index contributed by atoms with van der Waals surface area (Å²) in [4.78, 5) is 13.8. The molecule has 1 aromatic heterocycles. The van der Waals surface area contributed by atoms with Crippen molar-refractivity contribution >= 4 is 22.6 Å². The van der Waals surface area contributed by atoms with Gasteiger partial charge in [0.25, 0.3) is 0 Å². The largest absolute Gasteiger partial charge is 0.396 e. The second-order valence-corrected chi connectivity index (χ2v) is 6.70. The van der Waals surface area contributed by atoms with Crippen molar-refractivity contribution < 1.29 is 15.0 Å². The Labute approximate surface area is 142 Å². The van der Waals surface area contributed by atoms with Gasteiger partial charge in [-0.25, -0.2) is 4.79 Å². The highest BCUT2D eigenvalue weighted by molar-refractivity contribution is 5.92. The highest BCUT2D eigenvalue weighted by Gasteiger charge is 2.26. The van der Waals surface area contributed by atoms with Gasteiger partial charge >= 0.3 is 6.03 Å². The fourth-order valence-electron chi connectivity index (χ4n) is 2.71. The number of hydrogen-bond donors (Lipinski definition) is 3. The van der Waals surface area contributed by atoms with Gasteiger partial charge in [-0.05, 0) is 30.0 Å². The first kappa shape index (κ1) is 18.3. The number of rotatable bonds is 7. The summed E-state index contributed by atoms with van der Waals surface area (Å²) < 4.78 is 2.17. The van der Waals surface area contributed by atoms with Crippen LogP contribution in [0.1, 0.15) is 20.3 Å². The van der Waals surface area contributed by atoms with E-state index in [2.05, 4.69) is 29.1 Å². The minimum absolute atomic E-state index is 0.183. The Hall–Kier alpha value is -2.05. The zero-order chi connectivity index (χ0) is 17.7. The quantitative estimate of drug-likeness (QED) is 0.728. The molecule has 6 nitrogen and oxygen atoms in total. The Kier molecular flexibility index (Phi) is 5.85. The van der Waals surface area contributed by atoms with E-state index in [9.17, 15) is 15.0 Å². The highest BCUT2D eigenvalue weighted by Crippen LogP contribution is 2.22. The number of urea groups is 1. The number of aromatic nitrogens is 1. The van der Waals surface area contributed by atoms with E-state index in [1.165, 1.54) is 4.90 Å². The smallest absolute Gasteiger partial charge is 0.321 e. The van der Waals surface area contributed by atoms with E-state index in [1.54, 1.807) is 14.0 Å². The van der Waals surface area contributed by atoms with Crippen LogP contribution in [0.3, 0.4) is 0 Å². The number of carbonyl (C=O) groups excluding carboxylic acids is 1. The van der Waals surface area contributed by atoms with Crippen molar-refractivity contribution in [2.24, 2.45) is 5.41 Å². The molecule has 0 spiro atoms. The third kappa shape index (κ3) is 4.07. The van der Waals surface area contributed by atoms with Crippen molar-refractivity contribution in [1.82, 2.24) is 9.47 Å². The van der Waals surface area contributed by atoms with E-state index in [0.717, 1.165) is 29.6 Å². The minimum atomic E-state index is -0.716. The Morgan fingerprint density at radius 3 is 2.62 bits per heavy atom. The minimum Gasteiger partial charge on any atom is -0.396 e. The van der Waals surface area contributed by atoms with Gasteiger partial charge in [-0.3, -0.25) is 0 Å². The molecule has 24 heavy (non-hydrogen) atoms. The molecule has 0 atom stereocenters. The summed E-state index contributed by atoms with van der Waals surface area (Å²) >= 11 is 0. The van der Waals surface area contributed by atoms with E-state index in [0.29, 0.717) is 0 Å². The van der Waals surface area contributed by atoms with Crippen LogP contribution in [0.2, 0.25) is 0 Å². The molecule has 0 saturated heterocycles. The maximum absolute atomic E-state index is 12.4. The zero-order valence-corrected chi connectivity index (χ0v) is 14.6. The van der Waals surface area contributed by atoms with Crippen LogP contribution < -0.4 is 5.32 Å². The number of benzene rings is 1. The summed E-state index contributed by atoms with van der Waals surface area (Å²) in [5, 5.41) is 22.7. The van der Waals surface area contributed by atoms with Crippen LogP contribution in [-0.2, 0) is 6.54 Å². The summed E-state index contributed by atoms with van der Waals surface area (Å²) in [7, 11) is 1.65. The molecule has 2 amide bonds. The fourth-order valence-corrected chi connectivity index (χ4v) is 2.71. The molecule has 0 saturated carbocycles. The summed E-state index contributed by atoms with van der Waals surface area (Å²) in [5.41, 5.74) is 1.10. The molecule has 2 rings (SSSR count). The second-order valence-electron chi connectivity index (χ2n) is 6.70. The van der Waals surface area contributed by atoms with Crippen molar-refractivity contribution in [3.05, 3.63) is 30.5 Å². The van der Waals surface area contributed by atoms with Crippen LogP contribution in [-0.4, -0.2) is 52.5 Å². The van der Waals surface area contributed by atoms with Crippen molar-refractivity contribution in [2.45, 2.75) is 26.8 Å². The molecule has 0 aliphatic rings. The number of aliphatic hydroxyl groups is 2. The number of anilines is 1. The van der Waals surface area contributed by atoms with Crippen LogP contribution in [0.5, 0.6) is 0 Å². The Morgan fingerprint density at radius 2 is 2.00 bits per heavy atom. The van der Waals surface area contributed by atoms with Gasteiger partial charge in [0.15, 0.2) is 0 Å². The summed E-state index contributed by atoms with van der Waals surface area (Å²) in [6, 6.07) is 7.63. The molecule has 0 aliphatic carbocycles. The molecule has 6 heteroatoms. The van der Waals surface area contributed by atoms with Crippen LogP contribution in [0.15, 0.2) is 30.5 Å². The summed E-state index contributed by atoms with van der Waals surface area (Å²) in [5.74, 6) is 0. The molecule has 3 N–H and O–H groups in total.